The molecule has 0 fully saturated rings. The molecule has 0 saturated heterocycles. The summed E-state index contributed by atoms with van der Waals surface area (Å²) in [4.78, 5) is 11.3. The van der Waals surface area contributed by atoms with Crippen LogP contribution in [-0.2, 0) is 7.05 Å². The molecule has 8 nitrogen and oxygen atoms in total. The molecular weight excluding hydrogens is 450 g/mol. The van der Waals surface area contributed by atoms with Gasteiger partial charge in [0.2, 0.25) is 5.95 Å². The van der Waals surface area contributed by atoms with Gasteiger partial charge < -0.3 is 30.6 Å². The van der Waals surface area contributed by atoms with E-state index in [1.165, 1.54) is 0 Å². The molecule has 0 aliphatic heterocycles. The number of rotatable bonds is 8. The van der Waals surface area contributed by atoms with E-state index in [1.54, 1.807) is 13.3 Å². The van der Waals surface area contributed by atoms with E-state index < -0.39 is 0 Å². The number of hydrogen-bond acceptors (Lipinski definition) is 7. The first kappa shape index (κ1) is 23.7. The number of para-hydroxylation sites is 1. The zero-order chi connectivity index (χ0) is 24.4. The van der Waals surface area contributed by atoms with Crippen LogP contribution in [0.1, 0.15) is 5.56 Å². The van der Waals surface area contributed by atoms with E-state index in [4.69, 9.17) is 27.1 Å². The van der Waals surface area contributed by atoms with Crippen LogP contribution in [0.4, 0.5) is 23.0 Å². The predicted octanol–water partition coefficient (Wildman–Crippen LogP) is 4.91. The molecule has 9 heteroatoms. The topological polar surface area (TPSA) is 93.3 Å². The Labute approximate surface area is 204 Å². The van der Waals surface area contributed by atoms with Gasteiger partial charge in [0.05, 0.1) is 41.1 Å². The normalized spacial score (nSPS) is 11.3. The third kappa shape index (κ3) is 4.60. The molecule has 0 saturated carbocycles. The maximum absolute atomic E-state index is 6.53. The summed E-state index contributed by atoms with van der Waals surface area (Å²) in [5.74, 6) is 1.05. The van der Waals surface area contributed by atoms with Crippen molar-refractivity contribution >= 4 is 45.5 Å². The molecule has 0 bridgehead atoms. The van der Waals surface area contributed by atoms with Crippen molar-refractivity contribution in [3.05, 3.63) is 53.3 Å². The number of nitrogen functional groups attached to an aromatic ring is 1. The molecule has 0 unspecified atom stereocenters. The van der Waals surface area contributed by atoms with Crippen molar-refractivity contribution in [2.45, 2.75) is 6.92 Å². The number of benzene rings is 2. The van der Waals surface area contributed by atoms with Crippen LogP contribution in [0, 0.1) is 6.92 Å². The Kier molecular flexibility index (Phi) is 6.81. The van der Waals surface area contributed by atoms with Crippen molar-refractivity contribution in [2.75, 3.05) is 50.7 Å². The molecule has 2 aromatic heterocycles. The van der Waals surface area contributed by atoms with Gasteiger partial charge in [-0.25, -0.2) is 9.97 Å². The second-order valence-electron chi connectivity index (χ2n) is 8.46. The van der Waals surface area contributed by atoms with Crippen LogP contribution in [-0.4, -0.2) is 53.7 Å². The van der Waals surface area contributed by atoms with E-state index in [0.717, 1.165) is 40.8 Å². The zero-order valence-corrected chi connectivity index (χ0v) is 20.9. The first-order chi connectivity index (χ1) is 16.3. The van der Waals surface area contributed by atoms with Crippen LogP contribution < -0.4 is 21.1 Å². The minimum atomic E-state index is 0.404. The molecule has 178 valence electrons. The molecule has 2 aromatic carbocycles. The molecule has 0 spiro atoms. The van der Waals surface area contributed by atoms with Gasteiger partial charge in [-0.3, -0.25) is 0 Å². The number of methoxy groups -OCH3 is 1. The second-order valence-corrected chi connectivity index (χ2v) is 8.86. The molecule has 4 aromatic rings. The largest absolute Gasteiger partial charge is 0.494 e. The Balaban J connectivity index is 1.70. The Hall–Kier alpha value is -3.49. The van der Waals surface area contributed by atoms with Gasteiger partial charge in [0.25, 0.3) is 0 Å². The van der Waals surface area contributed by atoms with Crippen molar-refractivity contribution in [1.82, 2.24) is 19.4 Å². The van der Waals surface area contributed by atoms with Crippen molar-refractivity contribution < 1.29 is 4.74 Å². The third-order valence-corrected chi connectivity index (χ3v) is 6.09. The Bertz CT molecular complexity index is 1330. The number of hydrogen-bond donors (Lipinski definition) is 3. The summed E-state index contributed by atoms with van der Waals surface area (Å²) in [5.41, 5.74) is 12.2. The van der Waals surface area contributed by atoms with E-state index in [9.17, 15) is 0 Å². The van der Waals surface area contributed by atoms with Crippen LogP contribution in [0.15, 0.2) is 42.7 Å². The smallest absolute Gasteiger partial charge is 0.227 e. The van der Waals surface area contributed by atoms with Crippen LogP contribution in [0.2, 0.25) is 5.02 Å². The lowest BCUT2D eigenvalue weighted by atomic mass is 10.1. The molecule has 34 heavy (non-hydrogen) atoms. The van der Waals surface area contributed by atoms with Gasteiger partial charge in [-0.2, -0.15) is 0 Å². The van der Waals surface area contributed by atoms with Crippen molar-refractivity contribution in [1.29, 1.82) is 0 Å². The molecule has 0 amide bonds. The van der Waals surface area contributed by atoms with Gasteiger partial charge in [-0.15, -0.1) is 0 Å². The first-order valence-electron chi connectivity index (χ1n) is 11.0. The van der Waals surface area contributed by atoms with Crippen molar-refractivity contribution in [3.63, 3.8) is 0 Å². The number of anilines is 4. The summed E-state index contributed by atoms with van der Waals surface area (Å²) in [7, 11) is 7.69. The molecule has 0 aliphatic carbocycles. The van der Waals surface area contributed by atoms with Gasteiger partial charge >= 0.3 is 0 Å². The fourth-order valence-corrected chi connectivity index (χ4v) is 4.13. The first-order valence-corrected chi connectivity index (χ1v) is 11.4. The highest BCUT2D eigenvalue weighted by Crippen LogP contribution is 2.40. The molecule has 4 rings (SSSR count). The predicted molar refractivity (Wildman–Crippen MR) is 141 cm³/mol. The summed E-state index contributed by atoms with van der Waals surface area (Å²) in [5, 5.41) is 8.23. The van der Waals surface area contributed by atoms with Gasteiger partial charge in [-0.1, -0.05) is 29.8 Å². The maximum Gasteiger partial charge on any atom is 0.227 e. The summed E-state index contributed by atoms with van der Waals surface area (Å²) >= 11 is 6.53. The van der Waals surface area contributed by atoms with Gasteiger partial charge in [0, 0.05) is 54.4 Å². The third-order valence-electron chi connectivity index (χ3n) is 5.82. The van der Waals surface area contributed by atoms with Gasteiger partial charge in [0.15, 0.2) is 0 Å². The number of aromatic nitrogens is 3. The van der Waals surface area contributed by atoms with E-state index >= 15 is 0 Å². The summed E-state index contributed by atoms with van der Waals surface area (Å²) in [6, 6.07) is 10.0. The number of nitrogens with one attached hydrogen (secondary N) is 2. The highest BCUT2D eigenvalue weighted by Gasteiger charge is 2.18. The lowest BCUT2D eigenvalue weighted by Gasteiger charge is -2.20. The minimum Gasteiger partial charge on any atom is -0.494 e. The molecule has 4 N–H and O–H groups in total. The zero-order valence-electron chi connectivity index (χ0n) is 20.1. The van der Waals surface area contributed by atoms with Gasteiger partial charge in [0.1, 0.15) is 5.75 Å². The average Bonchev–Trinajstić information content (AvgIpc) is 3.15. The highest BCUT2D eigenvalue weighted by molar-refractivity contribution is 6.33. The standard InChI is InChI=1S/C25H30ClN7O/c1-15-22(27)19(28-10-11-32(2)3)12-21(34-5)23(15)30-25-29-13-18(26)24(31-25)17-14-33(4)20-9-7-6-8-16(17)20/h6-9,12-14,28H,10-11,27H2,1-5H3,(H,29,30,31). The quantitative estimate of drug-likeness (QED) is 0.309. The Morgan fingerprint density at radius 3 is 2.74 bits per heavy atom. The van der Waals surface area contributed by atoms with Crippen molar-refractivity contribution in [3.8, 4) is 17.0 Å². The second kappa shape index (κ2) is 9.79. The van der Waals surface area contributed by atoms with E-state index in [0.29, 0.717) is 33.8 Å². The number of fused-ring (bicyclic) bond motifs is 1. The van der Waals surface area contributed by atoms with Crippen LogP contribution in [0.5, 0.6) is 5.75 Å². The average molecular weight is 480 g/mol. The summed E-state index contributed by atoms with van der Waals surface area (Å²) in [6.07, 6.45) is 3.64. The minimum absolute atomic E-state index is 0.404. The Morgan fingerprint density at radius 1 is 1.24 bits per heavy atom. The van der Waals surface area contributed by atoms with Crippen LogP contribution in [0.25, 0.3) is 22.2 Å². The lowest BCUT2D eigenvalue weighted by Crippen LogP contribution is -2.21. The van der Waals surface area contributed by atoms with E-state index in [1.807, 2.05) is 52.5 Å². The van der Waals surface area contributed by atoms with Crippen LogP contribution >= 0.6 is 11.6 Å². The summed E-state index contributed by atoms with van der Waals surface area (Å²) in [6.45, 7) is 3.59. The fraction of sp³-hybridized carbons (Fsp3) is 0.280. The molecular formula is C25H30ClN7O. The number of halogens is 1. The van der Waals surface area contributed by atoms with Gasteiger partial charge in [-0.05, 0) is 27.1 Å². The molecule has 0 atom stereocenters. The molecule has 0 radical (unpaired) electrons. The SMILES string of the molecule is COc1cc(NCCN(C)C)c(N)c(C)c1Nc1ncc(Cl)c(-c2cn(C)c3ccccc23)n1. The number of nitrogens with two attached hydrogens (primary N) is 1. The number of likely N-dealkylation sites (N-methyl/N-ethyl adjacent to an activating group) is 1. The Morgan fingerprint density at radius 2 is 2.00 bits per heavy atom. The van der Waals surface area contributed by atoms with E-state index in [2.05, 4.69) is 37.2 Å². The highest BCUT2D eigenvalue weighted by atomic mass is 35.5. The van der Waals surface area contributed by atoms with E-state index in [-0.39, 0.29) is 0 Å². The lowest BCUT2D eigenvalue weighted by molar-refractivity contribution is 0.416. The van der Waals surface area contributed by atoms with Crippen molar-refractivity contribution in [2.24, 2.45) is 7.05 Å². The maximum atomic E-state index is 6.53. The van der Waals surface area contributed by atoms with Crippen LogP contribution in [0.3, 0.4) is 0 Å². The fourth-order valence-electron chi connectivity index (χ4n) is 3.94. The molecule has 2 heterocycles. The monoisotopic (exact) mass is 479 g/mol. The number of nitrogens with zero attached hydrogens (tertiary/aromatic N) is 4. The molecule has 0 aliphatic rings. The number of ether oxygens (including phenoxy) is 1. The summed E-state index contributed by atoms with van der Waals surface area (Å²) < 4.78 is 7.73. The number of aryl methyl sites for hydroxylation is 1.